The van der Waals surface area contributed by atoms with Gasteiger partial charge >= 0.3 is 0 Å². The maximum atomic E-state index is 5.22. The van der Waals surface area contributed by atoms with Gasteiger partial charge in [0.2, 0.25) is 5.65 Å². The number of anilines is 1. The Hall–Kier alpha value is -1.73. The lowest BCUT2D eigenvalue weighted by Gasteiger charge is -2.35. The molecule has 1 saturated heterocycles. The standard InChI is InChI=1S/C17H28N6O/c1-13-14(2)20-23-12-18-19-17(23)16(13)21(3)10-15-6-5-7-22(11-15)8-9-24-4/h12,15H,5-11H2,1-4H3. The van der Waals surface area contributed by atoms with Crippen molar-refractivity contribution >= 4 is 11.3 Å². The molecule has 3 heterocycles. The zero-order chi connectivity index (χ0) is 17.1. The van der Waals surface area contributed by atoms with Crippen LogP contribution in [0.1, 0.15) is 24.1 Å². The SMILES string of the molecule is COCCN1CCCC(CN(C)c2c(C)c(C)nn3cnnc23)C1. The van der Waals surface area contributed by atoms with Crippen molar-refractivity contribution in [3.63, 3.8) is 0 Å². The Kier molecular flexibility index (Phi) is 5.30. The zero-order valence-corrected chi connectivity index (χ0v) is 15.2. The second-order valence-corrected chi connectivity index (χ2v) is 6.84. The summed E-state index contributed by atoms with van der Waals surface area (Å²) in [6.07, 6.45) is 4.21. The highest BCUT2D eigenvalue weighted by atomic mass is 16.5. The third kappa shape index (κ3) is 3.52. The van der Waals surface area contributed by atoms with Gasteiger partial charge in [-0.1, -0.05) is 0 Å². The molecule has 0 N–H and O–H groups in total. The molecule has 0 spiro atoms. The molecule has 7 nitrogen and oxygen atoms in total. The highest BCUT2D eigenvalue weighted by Gasteiger charge is 2.23. The molecule has 0 saturated carbocycles. The number of piperidine rings is 1. The molecule has 24 heavy (non-hydrogen) atoms. The van der Waals surface area contributed by atoms with Crippen molar-refractivity contribution in [2.75, 3.05) is 51.8 Å². The minimum atomic E-state index is 0.663. The van der Waals surface area contributed by atoms with Crippen LogP contribution in [-0.2, 0) is 4.74 Å². The van der Waals surface area contributed by atoms with E-state index in [1.165, 1.54) is 24.9 Å². The van der Waals surface area contributed by atoms with Crippen LogP contribution in [0.15, 0.2) is 6.33 Å². The van der Waals surface area contributed by atoms with Gasteiger partial charge in [-0.3, -0.25) is 0 Å². The summed E-state index contributed by atoms with van der Waals surface area (Å²) in [5.74, 6) is 0.663. The Morgan fingerprint density at radius 1 is 1.38 bits per heavy atom. The highest BCUT2D eigenvalue weighted by Crippen LogP contribution is 2.27. The zero-order valence-electron chi connectivity index (χ0n) is 15.2. The summed E-state index contributed by atoms with van der Waals surface area (Å²) in [7, 11) is 3.93. The Labute approximate surface area is 143 Å². The number of ether oxygens (including phenoxy) is 1. The number of rotatable bonds is 6. The molecular weight excluding hydrogens is 304 g/mol. The lowest BCUT2D eigenvalue weighted by atomic mass is 9.97. The molecule has 0 aliphatic carbocycles. The van der Waals surface area contributed by atoms with Crippen LogP contribution in [0.3, 0.4) is 0 Å². The van der Waals surface area contributed by atoms with Gasteiger partial charge in [-0.15, -0.1) is 10.2 Å². The normalized spacial score (nSPS) is 19.1. The molecule has 1 aliphatic rings. The fourth-order valence-corrected chi connectivity index (χ4v) is 3.69. The average molecular weight is 332 g/mol. The van der Waals surface area contributed by atoms with E-state index in [0.29, 0.717) is 5.92 Å². The smallest absolute Gasteiger partial charge is 0.201 e. The maximum Gasteiger partial charge on any atom is 0.201 e. The van der Waals surface area contributed by atoms with Crippen molar-refractivity contribution in [2.24, 2.45) is 5.92 Å². The van der Waals surface area contributed by atoms with Gasteiger partial charge in [0, 0.05) is 33.8 Å². The Morgan fingerprint density at radius 3 is 3.00 bits per heavy atom. The second kappa shape index (κ2) is 7.44. The number of hydrogen-bond donors (Lipinski definition) is 0. The molecule has 132 valence electrons. The number of aryl methyl sites for hydroxylation is 1. The Morgan fingerprint density at radius 2 is 2.21 bits per heavy atom. The topological polar surface area (TPSA) is 58.8 Å². The molecule has 7 heteroatoms. The van der Waals surface area contributed by atoms with Crippen LogP contribution in [0.5, 0.6) is 0 Å². The van der Waals surface area contributed by atoms with Gasteiger partial charge in [-0.25, -0.2) is 0 Å². The third-order valence-electron chi connectivity index (χ3n) is 5.03. The number of likely N-dealkylation sites (tertiary alicyclic amines) is 1. The van der Waals surface area contributed by atoms with E-state index in [0.717, 1.165) is 43.3 Å². The quantitative estimate of drug-likeness (QED) is 0.800. The van der Waals surface area contributed by atoms with E-state index < -0.39 is 0 Å². The van der Waals surface area contributed by atoms with E-state index in [4.69, 9.17) is 4.74 Å². The van der Waals surface area contributed by atoms with E-state index in [9.17, 15) is 0 Å². The Bertz CT molecular complexity index is 685. The van der Waals surface area contributed by atoms with Crippen LogP contribution in [-0.4, -0.2) is 71.7 Å². The fraction of sp³-hybridized carbons (Fsp3) is 0.706. The molecule has 0 radical (unpaired) electrons. The molecule has 0 aromatic carbocycles. The second-order valence-electron chi connectivity index (χ2n) is 6.84. The van der Waals surface area contributed by atoms with E-state index in [1.807, 2.05) is 6.92 Å². The predicted octanol–water partition coefficient (Wildman–Crippen LogP) is 1.54. The van der Waals surface area contributed by atoms with Gasteiger partial charge < -0.3 is 14.5 Å². The maximum absolute atomic E-state index is 5.22. The van der Waals surface area contributed by atoms with E-state index in [2.05, 4.69) is 39.1 Å². The molecule has 0 bridgehead atoms. The van der Waals surface area contributed by atoms with Crippen molar-refractivity contribution in [2.45, 2.75) is 26.7 Å². The lowest BCUT2D eigenvalue weighted by molar-refractivity contribution is 0.116. The molecular formula is C17H28N6O. The number of methoxy groups -OCH3 is 1. The molecule has 1 aliphatic heterocycles. The van der Waals surface area contributed by atoms with Crippen molar-refractivity contribution in [3.8, 4) is 0 Å². The molecule has 1 atom stereocenters. The van der Waals surface area contributed by atoms with Crippen molar-refractivity contribution < 1.29 is 4.74 Å². The fourth-order valence-electron chi connectivity index (χ4n) is 3.69. The molecule has 3 rings (SSSR count). The van der Waals surface area contributed by atoms with Gasteiger partial charge in [0.1, 0.15) is 6.33 Å². The summed E-state index contributed by atoms with van der Waals surface area (Å²) in [5.41, 5.74) is 4.20. The van der Waals surface area contributed by atoms with Crippen molar-refractivity contribution in [1.82, 2.24) is 24.7 Å². The van der Waals surface area contributed by atoms with E-state index in [-0.39, 0.29) is 0 Å². The lowest BCUT2D eigenvalue weighted by Crippen LogP contribution is -2.41. The highest BCUT2D eigenvalue weighted by molar-refractivity contribution is 5.72. The summed E-state index contributed by atoms with van der Waals surface area (Å²) in [5, 5.41) is 12.8. The minimum Gasteiger partial charge on any atom is -0.383 e. The first-order valence-corrected chi connectivity index (χ1v) is 8.69. The summed E-state index contributed by atoms with van der Waals surface area (Å²) in [6, 6.07) is 0. The summed E-state index contributed by atoms with van der Waals surface area (Å²) in [4.78, 5) is 4.85. The van der Waals surface area contributed by atoms with Crippen LogP contribution in [0.25, 0.3) is 5.65 Å². The van der Waals surface area contributed by atoms with Gasteiger partial charge in [-0.2, -0.15) is 9.61 Å². The monoisotopic (exact) mass is 332 g/mol. The van der Waals surface area contributed by atoms with E-state index in [1.54, 1.807) is 18.0 Å². The number of nitrogens with zero attached hydrogens (tertiary/aromatic N) is 6. The van der Waals surface area contributed by atoms with Gasteiger partial charge in [0.25, 0.3) is 0 Å². The molecule has 2 aromatic rings. The van der Waals surface area contributed by atoms with E-state index >= 15 is 0 Å². The van der Waals surface area contributed by atoms with Gasteiger partial charge in [0.05, 0.1) is 18.0 Å². The number of aromatic nitrogens is 4. The Balaban J connectivity index is 1.74. The van der Waals surface area contributed by atoms with Crippen LogP contribution >= 0.6 is 0 Å². The van der Waals surface area contributed by atoms with Crippen molar-refractivity contribution in [1.29, 1.82) is 0 Å². The van der Waals surface area contributed by atoms with Crippen molar-refractivity contribution in [3.05, 3.63) is 17.6 Å². The first kappa shape index (κ1) is 17.1. The molecule has 2 aromatic heterocycles. The van der Waals surface area contributed by atoms with Crippen LogP contribution in [0, 0.1) is 19.8 Å². The largest absolute Gasteiger partial charge is 0.383 e. The minimum absolute atomic E-state index is 0.663. The number of fused-ring (bicyclic) bond motifs is 1. The summed E-state index contributed by atoms with van der Waals surface area (Å²) in [6.45, 7) is 9.35. The predicted molar refractivity (Wildman–Crippen MR) is 94.6 cm³/mol. The molecule has 1 fully saturated rings. The number of hydrogen-bond acceptors (Lipinski definition) is 6. The van der Waals surface area contributed by atoms with Crippen LogP contribution in [0.4, 0.5) is 5.69 Å². The first-order chi connectivity index (χ1) is 11.6. The van der Waals surface area contributed by atoms with Gasteiger partial charge in [0.15, 0.2) is 0 Å². The third-order valence-corrected chi connectivity index (χ3v) is 5.03. The first-order valence-electron chi connectivity index (χ1n) is 8.69. The summed E-state index contributed by atoms with van der Waals surface area (Å²) < 4.78 is 7.00. The van der Waals surface area contributed by atoms with Crippen LogP contribution in [0.2, 0.25) is 0 Å². The average Bonchev–Trinajstić information content (AvgIpc) is 3.01. The van der Waals surface area contributed by atoms with Crippen LogP contribution < -0.4 is 4.90 Å². The van der Waals surface area contributed by atoms with Gasteiger partial charge in [-0.05, 0) is 44.7 Å². The molecule has 1 unspecified atom stereocenters. The summed E-state index contributed by atoms with van der Waals surface area (Å²) >= 11 is 0. The molecule has 0 amide bonds.